The number of likely N-dealkylation sites (tertiary alicyclic amines) is 4. The molecule has 124 heavy (non-hydrogen) atoms. The Morgan fingerprint density at radius 3 is 1.21 bits per heavy atom. The van der Waals surface area contributed by atoms with Crippen LogP contribution in [-0.4, -0.2) is 177 Å². The van der Waals surface area contributed by atoms with Crippen LogP contribution in [0.4, 0.5) is 0 Å². The first kappa shape index (κ1) is 82.6. The average molecular weight is 1660 g/mol. The predicted molar refractivity (Wildman–Crippen MR) is 484 cm³/mol. The summed E-state index contributed by atoms with van der Waals surface area (Å²) >= 11 is 0. The van der Waals surface area contributed by atoms with Crippen LogP contribution in [-0.2, 0) is 66.9 Å². The van der Waals surface area contributed by atoms with Crippen LogP contribution >= 0.6 is 0 Å². The van der Waals surface area contributed by atoms with Gasteiger partial charge in [-0.05, 0) is 197 Å². The molecule has 8 aromatic carbocycles. The quantitative estimate of drug-likeness (QED) is 0.0605. The minimum absolute atomic E-state index is 0.114. The molecule has 3 N–H and O–H groups in total. The summed E-state index contributed by atoms with van der Waals surface area (Å²) in [7, 11) is 1.93. The minimum Gasteiger partial charge on any atom is -0.343 e. The second-order valence-corrected chi connectivity index (χ2v) is 35.0. The first-order valence-electron chi connectivity index (χ1n) is 43.4. The fourth-order valence-electron chi connectivity index (χ4n) is 18.6. The van der Waals surface area contributed by atoms with Gasteiger partial charge in [0.25, 0.3) is 5.91 Å². The molecule has 0 aliphatic carbocycles. The number of carbonyl (C=O) groups is 4. The van der Waals surface area contributed by atoms with E-state index in [2.05, 4.69) is 209 Å². The number of hydrogen-bond donors (Lipinski definition) is 3. The molecule has 4 aliphatic heterocycles. The topological polar surface area (TPSA) is 269 Å². The van der Waals surface area contributed by atoms with E-state index >= 15 is 0 Å². The Kier molecular flexibility index (Phi) is 24.9. The van der Waals surface area contributed by atoms with Gasteiger partial charge in [0.15, 0.2) is 0 Å². The van der Waals surface area contributed by atoms with E-state index in [4.69, 9.17) is 0 Å². The largest absolute Gasteiger partial charge is 0.343 e. The van der Waals surface area contributed by atoms with Gasteiger partial charge in [-0.3, -0.25) is 34.1 Å². The zero-order chi connectivity index (χ0) is 85.1. The number of nitrogens with zero attached hydrogens (tertiary/aromatic N) is 18. The van der Waals surface area contributed by atoms with Gasteiger partial charge in [-0.2, -0.15) is 30.7 Å². The van der Waals surface area contributed by atoms with Crippen molar-refractivity contribution in [1.82, 2.24) is 103 Å². The number of hydrogen-bond acceptors (Lipinski definition) is 13. The Bertz CT molecular complexity index is 6230. The van der Waals surface area contributed by atoms with Crippen molar-refractivity contribution in [2.24, 2.45) is 30.7 Å². The zero-order valence-electron chi connectivity index (χ0n) is 71.2. The summed E-state index contributed by atoms with van der Waals surface area (Å²) in [5, 5.41) is 28.7. The van der Waals surface area contributed by atoms with Crippen molar-refractivity contribution in [3.8, 4) is 44.6 Å². The molecule has 4 aliphatic rings. The van der Waals surface area contributed by atoms with Crippen molar-refractivity contribution in [1.29, 1.82) is 0 Å². The highest BCUT2D eigenvalue weighted by Gasteiger charge is 2.43. The van der Waals surface area contributed by atoms with E-state index in [1.165, 1.54) is 16.6 Å². The molecule has 4 fully saturated rings. The second kappa shape index (κ2) is 37.3. The van der Waals surface area contributed by atoms with E-state index in [0.717, 1.165) is 211 Å². The fourth-order valence-corrected chi connectivity index (χ4v) is 18.6. The first-order chi connectivity index (χ1) is 60.4. The summed E-state index contributed by atoms with van der Waals surface area (Å²) in [5.41, 5.74) is 20.8. The minimum atomic E-state index is -0.164. The van der Waals surface area contributed by atoms with Crippen LogP contribution in [0.3, 0.4) is 0 Å². The lowest BCUT2D eigenvalue weighted by Crippen LogP contribution is -2.43. The number of aromatic amines is 3. The van der Waals surface area contributed by atoms with E-state index in [0.29, 0.717) is 42.9 Å². The maximum atomic E-state index is 13.1. The van der Waals surface area contributed by atoms with E-state index in [9.17, 15) is 19.2 Å². The summed E-state index contributed by atoms with van der Waals surface area (Å²) in [5.74, 6) is 2.80. The standard InChI is InChI=1S/C26H29N5O.C25H27N5O.C24H26N6O.C24H25N5O/c1-29-18-23(16-28-29)22-8-9-25-24(15-22)27-19-31(25)17-21-11-13-30(14-12-21)26(32)10-7-20-5-3-2-4-6-20;1-25(2)12-19(16-30(25)24(31)10-18-6-4-3-5-7-18)15-29-17-26-22-11-20(8-9-23(22)29)21-13-27-28-14-21;31-24(9-6-18-4-2-1-3-5-18)29-12-10-19(11-13-29)16-30-17-25-21-14-20(7-8-23(21)30)22-15-26-28-27-22;1-24(2)11-17(15-29(24)23(30)18-6-4-3-5-7-18)14-28-16-25-21-10-19(8-9-22(21)28)20-12-26-27-13-20/h2-6,8-9,15-16,18-19,21H,7,10-14,17H2,1H3;3-9,11,13-14,17,19H,10,12,15-16H2,1-2H3,(H,27,28);1-5,7-8,14-15,17,19H,6,9-13,16H2,(H,26,27,28);3-10,12-13,16-17H,11,14-15H2,1-2H3,(H,26,27). The molecule has 20 rings (SSSR count). The van der Waals surface area contributed by atoms with E-state index < -0.39 is 0 Å². The number of imidazole rings is 4. The van der Waals surface area contributed by atoms with E-state index in [1.54, 1.807) is 6.20 Å². The molecule has 16 aromatic rings. The van der Waals surface area contributed by atoms with Crippen molar-refractivity contribution in [3.05, 3.63) is 285 Å². The van der Waals surface area contributed by atoms with Gasteiger partial charge in [0.1, 0.15) is 5.69 Å². The van der Waals surface area contributed by atoms with Crippen molar-refractivity contribution in [2.75, 3.05) is 39.3 Å². The molecular weight excluding hydrogens is 1550 g/mol. The van der Waals surface area contributed by atoms with Crippen molar-refractivity contribution >= 4 is 67.8 Å². The van der Waals surface area contributed by atoms with Crippen molar-refractivity contribution in [3.63, 3.8) is 0 Å². The van der Waals surface area contributed by atoms with Gasteiger partial charge in [0.2, 0.25) is 17.7 Å². The molecule has 0 radical (unpaired) electrons. The third-order valence-electron chi connectivity index (χ3n) is 25.3. The van der Waals surface area contributed by atoms with Gasteiger partial charge in [-0.1, -0.05) is 133 Å². The smallest absolute Gasteiger partial charge is 0.254 e. The highest BCUT2D eigenvalue weighted by atomic mass is 16.2. The number of aryl methyl sites for hydroxylation is 3. The highest BCUT2D eigenvalue weighted by Crippen LogP contribution is 2.39. The average Bonchev–Trinajstić information content (AvgIpc) is 1.62. The van der Waals surface area contributed by atoms with Crippen molar-refractivity contribution in [2.45, 2.75) is 136 Å². The molecule has 25 nitrogen and oxygen atoms in total. The van der Waals surface area contributed by atoms with Crippen LogP contribution < -0.4 is 0 Å². The molecule has 12 heterocycles. The zero-order valence-corrected chi connectivity index (χ0v) is 71.2. The number of H-pyrrole nitrogens is 3. The van der Waals surface area contributed by atoms with Crippen LogP contribution in [0.15, 0.2) is 263 Å². The molecule has 8 aromatic heterocycles. The molecule has 0 spiro atoms. The normalized spacial score (nSPS) is 16.5. The number of amides is 4. The van der Waals surface area contributed by atoms with Crippen LogP contribution in [0.25, 0.3) is 88.8 Å². The maximum Gasteiger partial charge on any atom is 0.254 e. The Morgan fingerprint density at radius 2 is 0.798 bits per heavy atom. The SMILES string of the molecule is CC1(C)CC(Cn2cnc3cc(-c4cn[nH]c4)ccc32)CN1C(=O)Cc1ccccc1.CC1(C)CC(Cn2cnc3cc(-c4cn[nH]c4)ccc32)CN1C(=O)c1ccccc1.Cn1cc(-c2ccc3c(c2)ncn3CC2CCN(C(=O)CCc3ccccc3)CC2)cn1.O=C(CCc1ccccc1)N1CCC(Cn2cnc3cc(-c4cn[nH]n4)ccc32)CC1. The number of rotatable bonds is 21. The predicted octanol–water partition coefficient (Wildman–Crippen LogP) is 16.7. The summed E-state index contributed by atoms with van der Waals surface area (Å²) in [4.78, 5) is 78.0. The third kappa shape index (κ3) is 19.6. The Balaban J connectivity index is 0.000000117. The first-order valence-corrected chi connectivity index (χ1v) is 43.4. The lowest BCUT2D eigenvalue weighted by molar-refractivity contribution is -0.134. The second-order valence-electron chi connectivity index (χ2n) is 35.0. The Labute approximate surface area is 721 Å². The number of nitrogens with one attached hydrogen (secondary N) is 3. The number of fused-ring (bicyclic) bond motifs is 4. The summed E-state index contributed by atoms with van der Waals surface area (Å²) in [6.07, 6.45) is 30.2. The van der Waals surface area contributed by atoms with Crippen LogP contribution in [0.5, 0.6) is 0 Å². The van der Waals surface area contributed by atoms with E-state index in [1.807, 2.05) is 186 Å². The molecule has 4 saturated heterocycles. The van der Waals surface area contributed by atoms with Gasteiger partial charge in [-0.25, -0.2) is 19.9 Å². The fraction of sp³-hybridized carbons (Fsp3) is 0.323. The molecular formula is C99H107N21O4. The highest BCUT2D eigenvalue weighted by molar-refractivity contribution is 5.95. The van der Waals surface area contributed by atoms with Crippen LogP contribution in [0.1, 0.15) is 106 Å². The van der Waals surface area contributed by atoms with Crippen LogP contribution in [0.2, 0.25) is 0 Å². The van der Waals surface area contributed by atoms with Gasteiger partial charge in [-0.15, -0.1) is 0 Å². The molecule has 632 valence electrons. The van der Waals surface area contributed by atoms with Gasteiger partial charge in [0.05, 0.1) is 101 Å². The summed E-state index contributed by atoms with van der Waals surface area (Å²) in [6, 6.07) is 65.4. The van der Waals surface area contributed by atoms with Crippen molar-refractivity contribution < 1.29 is 19.2 Å². The number of piperidine rings is 2. The lowest BCUT2D eigenvalue weighted by atomic mass is 9.96. The Hall–Kier alpha value is -13.7. The molecule has 25 heteroatoms. The summed E-state index contributed by atoms with van der Waals surface area (Å²) in [6.45, 7) is 17.2. The number of aromatic nitrogens is 17. The number of benzene rings is 8. The monoisotopic (exact) mass is 1650 g/mol. The number of carbonyl (C=O) groups excluding carboxylic acids is 4. The Morgan fingerprint density at radius 1 is 0.403 bits per heavy atom. The molecule has 0 bridgehead atoms. The van der Waals surface area contributed by atoms with Gasteiger partial charge < -0.3 is 37.9 Å². The third-order valence-corrected chi connectivity index (χ3v) is 25.3. The molecule has 2 atom stereocenters. The molecule has 0 saturated carbocycles. The van der Waals surface area contributed by atoms with Gasteiger partial charge >= 0.3 is 0 Å². The maximum absolute atomic E-state index is 13.1. The van der Waals surface area contributed by atoms with E-state index in [-0.39, 0.29) is 34.7 Å². The summed E-state index contributed by atoms with van der Waals surface area (Å²) < 4.78 is 10.8. The lowest BCUT2D eigenvalue weighted by Gasteiger charge is -2.32. The van der Waals surface area contributed by atoms with Crippen LogP contribution in [0, 0.1) is 23.7 Å². The molecule has 4 amide bonds. The van der Waals surface area contributed by atoms with Gasteiger partial charge in [0, 0.05) is 143 Å². The molecule has 2 unspecified atom stereocenters.